The third kappa shape index (κ3) is 4.54. The average molecular weight is 433 g/mol. The lowest BCUT2D eigenvalue weighted by Gasteiger charge is -2.31. The van der Waals surface area contributed by atoms with Gasteiger partial charge in [-0.1, -0.05) is 48.5 Å². The van der Waals surface area contributed by atoms with Crippen molar-refractivity contribution in [3.8, 4) is 0 Å². The van der Waals surface area contributed by atoms with Crippen LogP contribution in [-0.4, -0.2) is 24.1 Å². The van der Waals surface area contributed by atoms with Gasteiger partial charge in [0.05, 0.1) is 5.69 Å². The van der Waals surface area contributed by atoms with Crippen LogP contribution in [0.15, 0.2) is 53.4 Å². The molecule has 7 heteroatoms. The number of nitrogens with zero attached hydrogens (tertiary/aromatic N) is 1. The van der Waals surface area contributed by atoms with Gasteiger partial charge in [-0.15, -0.1) is 0 Å². The number of nitrogens with one attached hydrogen (secondary N) is 1. The van der Waals surface area contributed by atoms with E-state index >= 15 is 0 Å². The quantitative estimate of drug-likeness (QED) is 0.628. The van der Waals surface area contributed by atoms with E-state index < -0.39 is 16.6 Å². The molecule has 1 N–H and O–H groups in total. The van der Waals surface area contributed by atoms with E-state index in [1.54, 1.807) is 37.8 Å². The van der Waals surface area contributed by atoms with E-state index in [0.717, 1.165) is 22.6 Å². The van der Waals surface area contributed by atoms with Crippen LogP contribution in [0.25, 0.3) is 0 Å². The topological polar surface area (TPSA) is 58.6 Å². The molecule has 0 fully saturated rings. The Morgan fingerprint density at radius 3 is 2.45 bits per heavy atom. The summed E-state index contributed by atoms with van der Waals surface area (Å²) in [5.74, 6) is -0.189. The number of hydrogen-bond donors (Lipinski definition) is 1. The van der Waals surface area contributed by atoms with Crippen molar-refractivity contribution in [3.63, 3.8) is 0 Å². The smallest absolute Gasteiger partial charge is 0.409 e. The lowest BCUT2D eigenvalue weighted by molar-refractivity contribution is -0.121. The molecule has 1 unspecified atom stereocenters. The normalized spacial score (nSPS) is 18.5. The first-order valence-electron chi connectivity index (χ1n) is 9.53. The predicted octanol–water partition coefficient (Wildman–Crippen LogP) is 5.57. The number of carbonyl (C=O) groups is 2. The van der Waals surface area contributed by atoms with Gasteiger partial charge >= 0.3 is 6.09 Å². The monoisotopic (exact) mass is 432 g/mol. The number of hydrogen-bond acceptors (Lipinski definition) is 4. The number of ether oxygens (including phenoxy) is 1. The summed E-state index contributed by atoms with van der Waals surface area (Å²) in [6, 6.07) is 14.8. The summed E-state index contributed by atoms with van der Waals surface area (Å²) in [7, 11) is 0. The van der Waals surface area contributed by atoms with Gasteiger partial charge in [-0.3, -0.25) is 10.1 Å². The SMILES string of the molecule is CCCN1C(=O)C(NC(=O)OC(C)(C)C)(Sc2ccc(Cl)cc2)c2ccccc21. The van der Waals surface area contributed by atoms with Gasteiger partial charge in [0.25, 0.3) is 5.91 Å². The number of fused-ring (bicyclic) bond motifs is 1. The van der Waals surface area contributed by atoms with Crippen LogP contribution in [0.4, 0.5) is 10.5 Å². The van der Waals surface area contributed by atoms with E-state index in [4.69, 9.17) is 16.3 Å². The first kappa shape index (κ1) is 21.5. The largest absolute Gasteiger partial charge is 0.444 e. The molecule has 0 bridgehead atoms. The van der Waals surface area contributed by atoms with Crippen molar-refractivity contribution >= 4 is 41.1 Å². The van der Waals surface area contributed by atoms with Crippen molar-refractivity contribution in [2.24, 2.45) is 0 Å². The molecule has 0 saturated carbocycles. The van der Waals surface area contributed by atoms with E-state index in [0.29, 0.717) is 11.6 Å². The molecular formula is C22H25ClN2O3S. The predicted molar refractivity (Wildman–Crippen MR) is 117 cm³/mol. The first-order chi connectivity index (χ1) is 13.7. The minimum absolute atomic E-state index is 0.189. The first-order valence-corrected chi connectivity index (χ1v) is 10.7. The summed E-state index contributed by atoms with van der Waals surface area (Å²) < 4.78 is 5.48. The van der Waals surface area contributed by atoms with Crippen molar-refractivity contribution < 1.29 is 14.3 Å². The fourth-order valence-electron chi connectivity index (χ4n) is 3.24. The van der Waals surface area contributed by atoms with E-state index in [2.05, 4.69) is 5.32 Å². The zero-order chi connectivity index (χ0) is 21.2. The third-order valence-corrected chi connectivity index (χ3v) is 5.89. The number of benzene rings is 2. The highest BCUT2D eigenvalue weighted by molar-refractivity contribution is 8.01. The molecule has 5 nitrogen and oxygen atoms in total. The maximum atomic E-state index is 13.7. The Morgan fingerprint density at radius 1 is 1.17 bits per heavy atom. The molecule has 2 amide bonds. The minimum atomic E-state index is -1.32. The molecule has 3 rings (SSSR count). The molecule has 29 heavy (non-hydrogen) atoms. The van der Waals surface area contributed by atoms with Gasteiger partial charge in [-0.25, -0.2) is 4.79 Å². The zero-order valence-electron chi connectivity index (χ0n) is 17.0. The van der Waals surface area contributed by atoms with Gasteiger partial charge in [0, 0.05) is 22.0 Å². The number of anilines is 1. The summed E-state index contributed by atoms with van der Waals surface area (Å²) in [4.78, 5) is 27.6. The van der Waals surface area contributed by atoms with E-state index in [9.17, 15) is 9.59 Å². The second kappa shape index (κ2) is 8.28. The van der Waals surface area contributed by atoms with Gasteiger partial charge < -0.3 is 9.64 Å². The second-order valence-corrected chi connectivity index (χ2v) is 9.56. The molecule has 0 radical (unpaired) electrons. The van der Waals surface area contributed by atoms with Gasteiger partial charge in [0.2, 0.25) is 4.87 Å². The second-order valence-electron chi connectivity index (χ2n) is 7.84. The standard InChI is InChI=1S/C22H25ClN2O3S/c1-5-14-25-18-9-7-6-8-17(18)22(19(25)26,24-20(27)28-21(2,3)4)29-16-12-10-15(23)11-13-16/h6-13H,5,14H2,1-4H3,(H,24,27). The van der Waals surface area contributed by atoms with Crippen molar-refractivity contribution in [3.05, 3.63) is 59.1 Å². The maximum absolute atomic E-state index is 13.7. The third-order valence-electron chi connectivity index (χ3n) is 4.33. The summed E-state index contributed by atoms with van der Waals surface area (Å²) >= 11 is 7.30. The molecule has 154 valence electrons. The summed E-state index contributed by atoms with van der Waals surface area (Å²) in [6.45, 7) is 7.95. The van der Waals surface area contributed by atoms with Crippen LogP contribution in [0.1, 0.15) is 39.7 Å². The lowest BCUT2D eigenvalue weighted by atomic mass is 10.1. The number of thioether (sulfide) groups is 1. The summed E-state index contributed by atoms with van der Waals surface area (Å²) in [5.41, 5.74) is 0.863. The van der Waals surface area contributed by atoms with Crippen LogP contribution in [0, 0.1) is 0 Å². The van der Waals surface area contributed by atoms with E-state index in [1.807, 2.05) is 43.3 Å². The van der Waals surface area contributed by atoms with E-state index in [1.165, 1.54) is 11.8 Å². The van der Waals surface area contributed by atoms with Gasteiger partial charge in [-0.05, 0) is 57.5 Å². The molecule has 0 aromatic heterocycles. The van der Waals surface area contributed by atoms with Crippen LogP contribution >= 0.6 is 23.4 Å². The molecule has 1 aliphatic rings. The van der Waals surface area contributed by atoms with Crippen LogP contribution in [-0.2, 0) is 14.4 Å². The summed E-state index contributed by atoms with van der Waals surface area (Å²) in [6.07, 6.45) is 0.161. The Hall–Kier alpha value is -2.18. The maximum Gasteiger partial charge on any atom is 0.409 e. The Labute approximate surface area is 180 Å². The van der Waals surface area contributed by atoms with Crippen LogP contribution in [0.5, 0.6) is 0 Å². The van der Waals surface area contributed by atoms with Crippen LogP contribution in [0.3, 0.4) is 0 Å². The van der Waals surface area contributed by atoms with Crippen molar-refractivity contribution in [1.29, 1.82) is 0 Å². The number of amides is 2. The summed E-state index contributed by atoms with van der Waals surface area (Å²) in [5, 5.41) is 3.49. The molecule has 2 aromatic rings. The number of halogens is 1. The van der Waals surface area contributed by atoms with Crippen LogP contribution < -0.4 is 10.2 Å². The number of para-hydroxylation sites is 1. The van der Waals surface area contributed by atoms with Crippen LogP contribution in [0.2, 0.25) is 5.02 Å². The highest BCUT2D eigenvalue weighted by Crippen LogP contribution is 2.50. The molecule has 0 aliphatic carbocycles. The molecule has 2 aromatic carbocycles. The zero-order valence-corrected chi connectivity index (χ0v) is 18.6. The molecule has 0 saturated heterocycles. The number of carbonyl (C=O) groups excluding carboxylic acids is 2. The number of alkyl carbamates (subject to hydrolysis) is 1. The fraction of sp³-hybridized carbons (Fsp3) is 0.364. The molecule has 0 spiro atoms. The highest BCUT2D eigenvalue weighted by atomic mass is 35.5. The van der Waals surface area contributed by atoms with Crippen molar-refractivity contribution in [1.82, 2.24) is 5.32 Å². The average Bonchev–Trinajstić information content (AvgIpc) is 2.85. The minimum Gasteiger partial charge on any atom is -0.444 e. The Morgan fingerprint density at radius 2 is 1.83 bits per heavy atom. The lowest BCUT2D eigenvalue weighted by Crippen LogP contribution is -2.52. The Balaban J connectivity index is 2.08. The molecular weight excluding hydrogens is 408 g/mol. The van der Waals surface area contributed by atoms with Crippen molar-refractivity contribution in [2.45, 2.75) is 49.5 Å². The van der Waals surface area contributed by atoms with Gasteiger partial charge in [0.1, 0.15) is 5.60 Å². The highest BCUT2D eigenvalue weighted by Gasteiger charge is 2.53. The van der Waals surface area contributed by atoms with Crippen molar-refractivity contribution in [2.75, 3.05) is 11.4 Å². The van der Waals surface area contributed by atoms with E-state index in [-0.39, 0.29) is 5.91 Å². The molecule has 1 aliphatic heterocycles. The number of rotatable bonds is 5. The Bertz CT molecular complexity index is 911. The van der Waals surface area contributed by atoms with Gasteiger partial charge in [-0.2, -0.15) is 0 Å². The molecule has 1 atom stereocenters. The fourth-order valence-corrected chi connectivity index (χ4v) is 4.60. The Kier molecular flexibility index (Phi) is 6.15. The van der Waals surface area contributed by atoms with Gasteiger partial charge in [0.15, 0.2) is 0 Å². The molecule has 1 heterocycles.